The highest BCUT2D eigenvalue weighted by Gasteiger charge is 2.01. The zero-order chi connectivity index (χ0) is 17.0. The summed E-state index contributed by atoms with van der Waals surface area (Å²) in [6, 6.07) is -3.97. The molecule has 0 bridgehead atoms. The third-order valence-corrected chi connectivity index (χ3v) is 1.14. The molecule has 0 saturated heterocycles. The molecule has 1 aromatic heterocycles. The van der Waals surface area contributed by atoms with Gasteiger partial charge in [-0.2, -0.15) is 5.10 Å². The Morgan fingerprint density at radius 3 is 3.70 bits per heavy atom. The van der Waals surface area contributed by atoms with E-state index in [0.29, 0.717) is 0 Å². The van der Waals surface area contributed by atoms with Gasteiger partial charge in [0.1, 0.15) is 4.60 Å². The lowest BCUT2D eigenvalue weighted by Crippen LogP contribution is -2.03. The van der Waals surface area contributed by atoms with Gasteiger partial charge in [0.25, 0.3) is 0 Å². The Labute approximate surface area is 84.8 Å². The molecule has 0 amide bonds. The highest BCUT2D eigenvalue weighted by atomic mass is 79.9. The first-order chi connectivity index (χ1) is 9.09. The van der Waals surface area contributed by atoms with Crippen LogP contribution >= 0.6 is 15.9 Å². The number of hydrogen-bond acceptors (Lipinski definition) is 1. The number of nitrogens with zero attached hydrogens (tertiary/aromatic N) is 2. The Hall–Kier alpha value is -0.310. The quantitative estimate of drug-likeness (QED) is 0.739. The number of rotatable bonds is 2. The van der Waals surface area contributed by atoms with E-state index in [0.717, 1.165) is 0 Å². The van der Waals surface area contributed by atoms with E-state index in [1.54, 1.807) is 0 Å². The molecule has 2 nitrogen and oxygen atoms in total. The molecule has 1 heterocycles. The topological polar surface area (TPSA) is 17.8 Å². The van der Waals surface area contributed by atoms with Crippen molar-refractivity contribution in [2.45, 2.75) is 26.1 Å². The van der Waals surface area contributed by atoms with Crippen molar-refractivity contribution in [3.05, 3.63) is 16.8 Å². The molecule has 1 unspecified atom stereocenters. The zero-order valence-corrected chi connectivity index (χ0v) is 6.36. The second-order valence-corrected chi connectivity index (χ2v) is 2.16. The molecule has 56 valence electrons. The minimum atomic E-state index is -3.54. The smallest absolute Gasteiger partial charge is 0.128 e. The van der Waals surface area contributed by atoms with E-state index in [1.807, 2.05) is 0 Å². The van der Waals surface area contributed by atoms with Crippen LogP contribution in [0.15, 0.2) is 16.8 Å². The second kappa shape index (κ2) is 3.19. The summed E-state index contributed by atoms with van der Waals surface area (Å²) < 4.78 is 81.8. The van der Waals surface area contributed by atoms with Gasteiger partial charge in [-0.05, 0) is 35.2 Å². The minimum absolute atomic E-state index is 0.110. The highest BCUT2D eigenvalue weighted by molar-refractivity contribution is 9.10. The van der Waals surface area contributed by atoms with Gasteiger partial charge < -0.3 is 0 Å². The van der Waals surface area contributed by atoms with Gasteiger partial charge in [-0.25, -0.2) is 0 Å². The molecule has 0 fully saturated rings. The number of hydrogen-bond donors (Lipinski definition) is 0. The molecule has 1 rings (SSSR count). The monoisotopic (exact) mass is 213 g/mol. The van der Waals surface area contributed by atoms with Crippen molar-refractivity contribution < 1.29 is 15.1 Å². The standard InChI is InChI=1S/C7H11BrN2/c1-3-6(2)10-5-4-7(8)9-10/h4-6H,3H2,1-2H3/i1D3,2D3,3D2,4D,5D,6D. The van der Waals surface area contributed by atoms with Gasteiger partial charge >= 0.3 is 0 Å². The lowest BCUT2D eigenvalue weighted by Gasteiger charge is -2.07. The van der Waals surface area contributed by atoms with E-state index in [4.69, 9.17) is 15.1 Å². The van der Waals surface area contributed by atoms with Gasteiger partial charge in [-0.3, -0.25) is 4.68 Å². The fraction of sp³-hybridized carbons (Fsp3) is 0.571. The van der Waals surface area contributed by atoms with Crippen LogP contribution in [0.1, 0.15) is 41.2 Å². The van der Waals surface area contributed by atoms with Crippen LogP contribution in [0.2, 0.25) is 0 Å². The fourth-order valence-corrected chi connectivity index (χ4v) is 0.643. The van der Waals surface area contributed by atoms with E-state index in [2.05, 4.69) is 21.0 Å². The first kappa shape index (κ1) is 1.71. The predicted octanol–water partition coefficient (Wildman–Crippen LogP) is 2.62. The van der Waals surface area contributed by atoms with Crippen LogP contribution in [0.5, 0.6) is 0 Å². The van der Waals surface area contributed by atoms with Gasteiger partial charge in [0.05, 0.1) is 4.11 Å². The third-order valence-electron chi connectivity index (χ3n) is 0.783. The number of aromatic nitrogens is 2. The molecule has 0 N–H and O–H groups in total. The molecule has 0 aromatic carbocycles. The molecule has 0 spiro atoms. The summed E-state index contributed by atoms with van der Waals surface area (Å²) in [4.78, 5) is 0. The van der Waals surface area contributed by atoms with Crippen LogP contribution in [0, 0.1) is 0 Å². The Kier molecular flexibility index (Phi) is 0.545. The summed E-state index contributed by atoms with van der Waals surface area (Å²) in [6.45, 7) is -6.89. The van der Waals surface area contributed by atoms with E-state index >= 15 is 0 Å². The first-order valence-electron chi connectivity index (χ1n) is 7.81. The predicted molar refractivity (Wildman–Crippen MR) is 44.9 cm³/mol. The van der Waals surface area contributed by atoms with Gasteiger partial charge in [0, 0.05) is 23.2 Å². The molecule has 0 aliphatic heterocycles. The van der Waals surface area contributed by atoms with Gasteiger partial charge in [0.2, 0.25) is 0 Å². The summed E-state index contributed by atoms with van der Waals surface area (Å²) in [5.41, 5.74) is 0. The molecular weight excluding hydrogens is 192 g/mol. The van der Waals surface area contributed by atoms with Crippen molar-refractivity contribution in [1.29, 1.82) is 0 Å². The molecule has 1 atom stereocenters. The van der Waals surface area contributed by atoms with E-state index < -0.39 is 38.3 Å². The summed E-state index contributed by atoms with van der Waals surface area (Å²) in [6.07, 6.45) is -4.42. The Morgan fingerprint density at radius 1 is 2.30 bits per heavy atom. The Bertz CT molecular complexity index is 544. The van der Waals surface area contributed by atoms with Crippen LogP contribution in [0.25, 0.3) is 0 Å². The molecule has 0 radical (unpaired) electrons. The van der Waals surface area contributed by atoms with E-state index in [-0.39, 0.29) is 9.28 Å². The van der Waals surface area contributed by atoms with Crippen LogP contribution in [0.3, 0.4) is 0 Å². The highest BCUT2D eigenvalue weighted by Crippen LogP contribution is 2.11. The summed E-state index contributed by atoms with van der Waals surface area (Å²) >= 11 is 2.77. The lowest BCUT2D eigenvalue weighted by atomic mass is 10.3. The maximum absolute atomic E-state index is 8.00. The summed E-state index contributed by atoms with van der Waals surface area (Å²) in [7, 11) is 0. The first-order valence-corrected chi connectivity index (χ1v) is 3.10. The van der Waals surface area contributed by atoms with Crippen molar-refractivity contribution in [1.82, 2.24) is 9.78 Å². The molecule has 0 aliphatic carbocycles. The van der Waals surface area contributed by atoms with Crippen molar-refractivity contribution in [2.24, 2.45) is 0 Å². The van der Waals surface area contributed by atoms with E-state index in [1.165, 1.54) is 0 Å². The van der Waals surface area contributed by atoms with Gasteiger partial charge in [0.15, 0.2) is 0 Å². The minimum Gasteiger partial charge on any atom is -0.269 e. The number of halogens is 1. The third kappa shape index (κ3) is 1.59. The van der Waals surface area contributed by atoms with Crippen LogP contribution < -0.4 is 0 Å². The summed E-state index contributed by atoms with van der Waals surface area (Å²) in [5, 5.41) is 3.45. The molecule has 10 heavy (non-hydrogen) atoms. The largest absolute Gasteiger partial charge is 0.269 e. The van der Waals surface area contributed by atoms with Crippen molar-refractivity contribution in [3.8, 4) is 0 Å². The van der Waals surface area contributed by atoms with Crippen LogP contribution in [-0.4, -0.2) is 9.78 Å². The molecule has 1 aromatic rings. The second-order valence-electron chi connectivity index (χ2n) is 1.41. The molecule has 0 saturated carbocycles. The van der Waals surface area contributed by atoms with E-state index in [9.17, 15) is 0 Å². The SMILES string of the molecule is [2H]c1c(Br)nn(C([2H])(C([2H])([2H])[2H])C([2H])([2H])C([2H])([2H])[2H])c1[2H]. The maximum Gasteiger partial charge on any atom is 0.128 e. The van der Waals surface area contributed by atoms with Crippen LogP contribution in [0.4, 0.5) is 0 Å². The average molecular weight is 214 g/mol. The maximum atomic E-state index is 8.00. The van der Waals surface area contributed by atoms with Crippen molar-refractivity contribution >= 4 is 15.9 Å². The van der Waals surface area contributed by atoms with Crippen molar-refractivity contribution in [2.75, 3.05) is 0 Å². The van der Waals surface area contributed by atoms with Gasteiger partial charge in [-0.1, -0.05) is 6.85 Å². The normalized spacial score (nSPS) is 36.7. The summed E-state index contributed by atoms with van der Waals surface area (Å²) in [5.74, 6) is 0. The van der Waals surface area contributed by atoms with Crippen LogP contribution in [-0.2, 0) is 0 Å². The van der Waals surface area contributed by atoms with Gasteiger partial charge in [-0.15, -0.1) is 0 Å². The Morgan fingerprint density at radius 2 is 3.20 bits per heavy atom. The zero-order valence-electron chi connectivity index (χ0n) is 15.8. The van der Waals surface area contributed by atoms with Crippen molar-refractivity contribution in [3.63, 3.8) is 0 Å². The molecular formula is C7H11BrN2. The fourth-order valence-electron chi connectivity index (χ4n) is 0.396. The molecule has 3 heteroatoms. The molecule has 0 aliphatic rings. The Balaban J connectivity index is 3.76. The lowest BCUT2D eigenvalue weighted by molar-refractivity contribution is 0.476. The average Bonchev–Trinajstić information content (AvgIpc) is 2.53.